The number of carbonyl (C=O) groups excluding carboxylic acids is 2. The SMILES string of the molecule is COc1cc2nc(C)nc(N[C@H](C)c3cc(N)cc(C(F)(F)F)c3)c2cc1C1CCC(C(=O)N2CCC(CCC3CCN(C(=O)OCc4ccccc4)CC3)CC2)CC1. The number of aryl methyl sites for hydroxylation is 1. The normalized spacial score (nSPS) is 20.0. The number of ether oxygens (including phenoxy) is 2. The molecule has 2 saturated heterocycles. The molecule has 3 heterocycles. The second-order valence-corrected chi connectivity index (χ2v) is 16.8. The quantitative estimate of drug-likeness (QED) is 0.144. The summed E-state index contributed by atoms with van der Waals surface area (Å²) >= 11 is 0. The zero-order valence-electron chi connectivity index (χ0n) is 34.4. The molecular formula is C46H57F3N6O4. The number of methoxy groups -OCH3 is 1. The van der Waals surface area contributed by atoms with E-state index in [-0.39, 0.29) is 29.5 Å². The third-order valence-electron chi connectivity index (χ3n) is 12.8. The molecule has 2 aliphatic heterocycles. The van der Waals surface area contributed by atoms with Crippen molar-refractivity contribution in [2.24, 2.45) is 17.8 Å². The third-order valence-corrected chi connectivity index (χ3v) is 12.8. The summed E-state index contributed by atoms with van der Waals surface area (Å²) in [5, 5.41) is 4.09. The van der Waals surface area contributed by atoms with Gasteiger partial charge in [-0.25, -0.2) is 14.8 Å². The van der Waals surface area contributed by atoms with Crippen LogP contribution in [0, 0.1) is 24.7 Å². The minimum atomic E-state index is -4.52. The van der Waals surface area contributed by atoms with Crippen LogP contribution in [0.5, 0.6) is 5.75 Å². The van der Waals surface area contributed by atoms with E-state index in [0.717, 1.165) is 112 Å². The average molecular weight is 815 g/mol. The van der Waals surface area contributed by atoms with Gasteiger partial charge in [-0.2, -0.15) is 13.2 Å². The van der Waals surface area contributed by atoms with E-state index in [2.05, 4.69) is 20.2 Å². The lowest BCUT2D eigenvalue weighted by molar-refractivity contribution is -0.138. The van der Waals surface area contributed by atoms with Crippen molar-refractivity contribution in [1.82, 2.24) is 19.8 Å². The van der Waals surface area contributed by atoms with E-state index in [4.69, 9.17) is 15.2 Å². The van der Waals surface area contributed by atoms with Crippen LogP contribution in [-0.2, 0) is 22.3 Å². The number of hydrogen-bond donors (Lipinski definition) is 2. The van der Waals surface area contributed by atoms with Gasteiger partial charge in [-0.15, -0.1) is 0 Å². The number of likely N-dealkylation sites (tertiary alicyclic amines) is 2. The smallest absolute Gasteiger partial charge is 0.416 e. The number of aromatic nitrogens is 2. The molecule has 7 rings (SSSR count). The molecule has 3 N–H and O–H groups in total. The van der Waals surface area contributed by atoms with Crippen LogP contribution in [-0.4, -0.2) is 65.1 Å². The standard InChI is InChI=1S/C46H57F3N6O4/c1-29(36-23-37(46(47,48)49)25-38(50)24-36)51-43-40-26-39(42(58-3)27-41(40)52-30(2)53-43)34-11-13-35(14-12-34)44(56)54-19-15-31(16-20-54)9-10-32-17-21-55(22-18-32)45(57)59-28-33-7-5-4-6-8-33/h4-8,23-27,29,31-32,34-35H,9-22,28,50H2,1-3H3,(H,51,52,53)/t29-,34?,35?/m1/s1. The van der Waals surface area contributed by atoms with Gasteiger partial charge in [0.2, 0.25) is 5.91 Å². The molecule has 4 aromatic rings. The van der Waals surface area contributed by atoms with Gasteiger partial charge in [0, 0.05) is 49.2 Å². The van der Waals surface area contributed by atoms with E-state index >= 15 is 0 Å². The Labute approximate surface area is 345 Å². The van der Waals surface area contributed by atoms with Crippen LogP contribution in [0.4, 0.5) is 29.5 Å². The summed E-state index contributed by atoms with van der Waals surface area (Å²) in [6, 6.07) is 16.8. The molecule has 0 radical (unpaired) electrons. The molecular weight excluding hydrogens is 758 g/mol. The number of rotatable bonds is 11. The number of nitrogens with zero attached hydrogens (tertiary/aromatic N) is 4. The second kappa shape index (κ2) is 18.5. The Balaban J connectivity index is 0.890. The molecule has 1 aliphatic carbocycles. The van der Waals surface area contributed by atoms with Crippen molar-refractivity contribution < 1.29 is 32.2 Å². The zero-order chi connectivity index (χ0) is 41.7. The molecule has 2 amide bonds. The fourth-order valence-corrected chi connectivity index (χ4v) is 9.31. The Morgan fingerprint density at radius 1 is 0.864 bits per heavy atom. The maximum atomic E-state index is 13.8. The molecule has 59 heavy (non-hydrogen) atoms. The van der Waals surface area contributed by atoms with Crippen LogP contribution in [0.1, 0.15) is 111 Å². The van der Waals surface area contributed by atoms with E-state index in [1.807, 2.05) is 47.4 Å². The third kappa shape index (κ3) is 10.4. The fraction of sp³-hybridized carbons (Fsp3) is 0.522. The van der Waals surface area contributed by atoms with E-state index < -0.39 is 17.8 Å². The predicted octanol–water partition coefficient (Wildman–Crippen LogP) is 10.1. The van der Waals surface area contributed by atoms with Crippen LogP contribution in [0.2, 0.25) is 0 Å². The number of nitrogens with two attached hydrogens (primary N) is 1. The van der Waals surface area contributed by atoms with Gasteiger partial charge in [-0.1, -0.05) is 43.2 Å². The van der Waals surface area contributed by atoms with Crippen molar-refractivity contribution in [3.63, 3.8) is 0 Å². The van der Waals surface area contributed by atoms with Gasteiger partial charge in [0.1, 0.15) is 24.0 Å². The van der Waals surface area contributed by atoms with E-state index in [9.17, 15) is 22.8 Å². The summed E-state index contributed by atoms with van der Waals surface area (Å²) in [6.45, 7) is 6.98. The Kier molecular flexibility index (Phi) is 13.2. The first-order valence-corrected chi connectivity index (χ1v) is 21.2. The summed E-state index contributed by atoms with van der Waals surface area (Å²) in [4.78, 5) is 39.6. The lowest BCUT2D eigenvalue weighted by atomic mass is 9.77. The molecule has 3 aliphatic rings. The fourth-order valence-electron chi connectivity index (χ4n) is 9.31. The van der Waals surface area contributed by atoms with E-state index in [0.29, 0.717) is 41.2 Å². The Morgan fingerprint density at radius 3 is 2.14 bits per heavy atom. The second-order valence-electron chi connectivity index (χ2n) is 16.8. The molecule has 1 atom stereocenters. The predicted molar refractivity (Wildman–Crippen MR) is 223 cm³/mol. The summed E-state index contributed by atoms with van der Waals surface area (Å²) in [7, 11) is 1.65. The molecule has 1 aromatic heterocycles. The summed E-state index contributed by atoms with van der Waals surface area (Å²) in [5.41, 5.74) is 8.20. The summed E-state index contributed by atoms with van der Waals surface area (Å²) in [6.07, 6.45) is 4.97. The van der Waals surface area contributed by atoms with Gasteiger partial charge in [-0.05, 0) is 124 Å². The highest BCUT2D eigenvalue weighted by molar-refractivity contribution is 5.91. The summed E-state index contributed by atoms with van der Waals surface area (Å²) in [5.74, 6) is 3.47. The molecule has 3 fully saturated rings. The lowest BCUT2D eigenvalue weighted by Gasteiger charge is -2.37. The molecule has 3 aromatic carbocycles. The average Bonchev–Trinajstić information content (AvgIpc) is 3.24. The largest absolute Gasteiger partial charge is 0.496 e. The number of nitrogens with one attached hydrogen (secondary N) is 1. The number of halogens is 3. The van der Waals surface area contributed by atoms with Crippen LogP contribution in [0.25, 0.3) is 10.9 Å². The van der Waals surface area contributed by atoms with E-state index in [1.165, 1.54) is 12.8 Å². The number of benzene rings is 3. The van der Waals surface area contributed by atoms with Crippen LogP contribution >= 0.6 is 0 Å². The van der Waals surface area contributed by atoms with Crippen molar-refractivity contribution >= 4 is 34.4 Å². The van der Waals surface area contributed by atoms with Crippen molar-refractivity contribution in [3.05, 3.63) is 88.7 Å². The zero-order valence-corrected chi connectivity index (χ0v) is 34.4. The monoisotopic (exact) mass is 814 g/mol. The Morgan fingerprint density at radius 2 is 1.51 bits per heavy atom. The highest BCUT2D eigenvalue weighted by atomic mass is 19.4. The number of piperidine rings is 2. The summed E-state index contributed by atoms with van der Waals surface area (Å²) < 4.78 is 52.1. The molecule has 10 nitrogen and oxygen atoms in total. The Hall–Kier alpha value is -5.07. The van der Waals surface area contributed by atoms with Gasteiger partial charge in [0.25, 0.3) is 0 Å². The van der Waals surface area contributed by atoms with Gasteiger partial charge in [0.05, 0.1) is 24.2 Å². The van der Waals surface area contributed by atoms with Crippen LogP contribution in [0.15, 0.2) is 60.7 Å². The number of carbonyl (C=O) groups is 2. The van der Waals surface area contributed by atoms with Crippen molar-refractivity contribution in [1.29, 1.82) is 0 Å². The van der Waals surface area contributed by atoms with Crippen LogP contribution < -0.4 is 15.8 Å². The van der Waals surface area contributed by atoms with Crippen molar-refractivity contribution in [2.45, 2.75) is 103 Å². The Bertz CT molecular complexity index is 2070. The highest BCUT2D eigenvalue weighted by Gasteiger charge is 2.34. The van der Waals surface area contributed by atoms with Gasteiger partial charge < -0.3 is 30.3 Å². The number of anilines is 2. The first kappa shape index (κ1) is 42.1. The number of alkyl halides is 3. The number of amides is 2. The number of fused-ring (bicyclic) bond motifs is 1. The van der Waals surface area contributed by atoms with Gasteiger partial charge in [-0.3, -0.25) is 4.79 Å². The molecule has 13 heteroatoms. The van der Waals surface area contributed by atoms with Crippen LogP contribution in [0.3, 0.4) is 0 Å². The van der Waals surface area contributed by atoms with Gasteiger partial charge >= 0.3 is 12.3 Å². The van der Waals surface area contributed by atoms with Crippen molar-refractivity contribution in [2.75, 3.05) is 44.3 Å². The molecule has 0 unspecified atom stereocenters. The van der Waals surface area contributed by atoms with E-state index in [1.54, 1.807) is 27.0 Å². The maximum Gasteiger partial charge on any atom is 0.416 e. The molecule has 0 bridgehead atoms. The van der Waals surface area contributed by atoms with Crippen molar-refractivity contribution in [3.8, 4) is 5.75 Å². The first-order chi connectivity index (χ1) is 28.3. The molecule has 0 spiro atoms. The minimum absolute atomic E-state index is 0.00257. The first-order valence-electron chi connectivity index (χ1n) is 21.2. The number of hydrogen-bond acceptors (Lipinski definition) is 8. The molecule has 316 valence electrons. The lowest BCUT2D eigenvalue weighted by Crippen LogP contribution is -2.42. The van der Waals surface area contributed by atoms with Gasteiger partial charge in [0.15, 0.2) is 0 Å². The topological polar surface area (TPSA) is 123 Å². The number of nitrogen functional groups attached to an aromatic ring is 1. The maximum absolute atomic E-state index is 13.8. The molecule has 1 saturated carbocycles. The highest BCUT2D eigenvalue weighted by Crippen LogP contribution is 2.43. The minimum Gasteiger partial charge on any atom is -0.496 e.